The number of amides is 2. The molecule has 0 aliphatic heterocycles. The zero-order valence-electron chi connectivity index (χ0n) is 14.7. The van der Waals surface area contributed by atoms with Gasteiger partial charge in [0.25, 0.3) is 11.8 Å². The molecule has 2 amide bonds. The Morgan fingerprint density at radius 3 is 2.44 bits per heavy atom. The number of carbonyl (C=O) groups is 3. The summed E-state index contributed by atoms with van der Waals surface area (Å²) in [6, 6.07) is 13.1. The van der Waals surface area contributed by atoms with Gasteiger partial charge < -0.3 is 20.1 Å². The van der Waals surface area contributed by atoms with Crippen molar-refractivity contribution in [1.29, 1.82) is 0 Å². The average Bonchev–Trinajstić information content (AvgIpc) is 2.67. The smallest absolute Gasteiger partial charge is 0.325 e. The second-order valence-corrected chi connectivity index (χ2v) is 5.76. The number of hydrogen-bond acceptors (Lipinski definition) is 5. The number of nitrogens with one attached hydrogen (secondary N) is 2. The molecule has 0 atom stereocenters. The zero-order chi connectivity index (χ0) is 19.6. The second kappa shape index (κ2) is 10.2. The SMILES string of the molecule is CCOc1ccccc1NC(=O)COC(=O)CNC(=O)c1ccc(Cl)cc1. The molecule has 0 fully saturated rings. The first-order chi connectivity index (χ1) is 13.0. The molecule has 2 N–H and O–H groups in total. The number of halogens is 1. The molecule has 7 nitrogen and oxygen atoms in total. The van der Waals surface area contributed by atoms with Gasteiger partial charge in [-0.25, -0.2) is 0 Å². The van der Waals surface area contributed by atoms with Crippen molar-refractivity contribution in [2.45, 2.75) is 6.92 Å². The topological polar surface area (TPSA) is 93.7 Å². The van der Waals surface area contributed by atoms with E-state index >= 15 is 0 Å². The number of para-hydroxylation sites is 2. The minimum Gasteiger partial charge on any atom is -0.492 e. The summed E-state index contributed by atoms with van der Waals surface area (Å²) in [5, 5.41) is 5.52. The van der Waals surface area contributed by atoms with Crippen LogP contribution in [0.1, 0.15) is 17.3 Å². The Bertz CT molecular complexity index is 808. The van der Waals surface area contributed by atoms with Crippen LogP contribution in [0.4, 0.5) is 5.69 Å². The minimum atomic E-state index is -0.731. The van der Waals surface area contributed by atoms with Crippen molar-refractivity contribution >= 4 is 35.1 Å². The van der Waals surface area contributed by atoms with Crippen LogP contribution in [0, 0.1) is 0 Å². The van der Waals surface area contributed by atoms with Gasteiger partial charge in [0, 0.05) is 10.6 Å². The summed E-state index contributed by atoms with van der Waals surface area (Å²) in [5.74, 6) is -1.17. The lowest BCUT2D eigenvalue weighted by Gasteiger charge is -2.11. The van der Waals surface area contributed by atoms with Crippen molar-refractivity contribution in [3.8, 4) is 5.75 Å². The lowest BCUT2D eigenvalue weighted by atomic mass is 10.2. The van der Waals surface area contributed by atoms with Gasteiger partial charge in [0.2, 0.25) is 0 Å². The number of hydrogen-bond donors (Lipinski definition) is 2. The van der Waals surface area contributed by atoms with E-state index in [1.165, 1.54) is 12.1 Å². The summed E-state index contributed by atoms with van der Waals surface area (Å²) in [5.41, 5.74) is 0.842. The summed E-state index contributed by atoms with van der Waals surface area (Å²) >= 11 is 5.75. The van der Waals surface area contributed by atoms with Crippen LogP contribution in [0.5, 0.6) is 5.75 Å². The zero-order valence-corrected chi connectivity index (χ0v) is 15.4. The van der Waals surface area contributed by atoms with Gasteiger partial charge in [-0.1, -0.05) is 23.7 Å². The molecule has 0 aliphatic carbocycles. The van der Waals surface area contributed by atoms with Gasteiger partial charge >= 0.3 is 5.97 Å². The van der Waals surface area contributed by atoms with Gasteiger partial charge in [0.15, 0.2) is 6.61 Å². The molecule has 0 bridgehead atoms. The molecule has 0 spiro atoms. The first-order valence-electron chi connectivity index (χ1n) is 8.20. The van der Waals surface area contributed by atoms with E-state index in [-0.39, 0.29) is 6.54 Å². The first kappa shape index (κ1) is 20.3. The normalized spacial score (nSPS) is 10.0. The van der Waals surface area contributed by atoms with Crippen molar-refractivity contribution in [2.24, 2.45) is 0 Å². The number of rotatable bonds is 8. The molecule has 27 heavy (non-hydrogen) atoms. The predicted octanol–water partition coefficient (Wildman–Crippen LogP) is 2.65. The highest BCUT2D eigenvalue weighted by atomic mass is 35.5. The van der Waals surface area contributed by atoms with Crippen molar-refractivity contribution in [2.75, 3.05) is 25.1 Å². The van der Waals surface area contributed by atoms with E-state index in [2.05, 4.69) is 10.6 Å². The molecule has 0 saturated heterocycles. The van der Waals surface area contributed by atoms with Crippen molar-refractivity contribution in [1.82, 2.24) is 5.32 Å². The summed E-state index contributed by atoms with van der Waals surface area (Å²) in [6.45, 7) is 1.45. The Labute approximate surface area is 161 Å². The number of ether oxygens (including phenoxy) is 2. The minimum absolute atomic E-state index is 0.357. The molecule has 142 valence electrons. The van der Waals surface area contributed by atoms with E-state index in [9.17, 15) is 14.4 Å². The van der Waals surface area contributed by atoms with Crippen molar-refractivity contribution in [3.63, 3.8) is 0 Å². The summed E-state index contributed by atoms with van der Waals surface area (Å²) in [7, 11) is 0. The van der Waals surface area contributed by atoms with Gasteiger partial charge in [0.1, 0.15) is 12.3 Å². The van der Waals surface area contributed by atoms with Crippen LogP contribution < -0.4 is 15.4 Å². The van der Waals surface area contributed by atoms with E-state index < -0.39 is 24.4 Å². The van der Waals surface area contributed by atoms with Crippen LogP contribution in [-0.4, -0.2) is 37.5 Å². The molecular weight excluding hydrogens is 372 g/mol. The Morgan fingerprint density at radius 2 is 1.74 bits per heavy atom. The van der Waals surface area contributed by atoms with Crippen LogP contribution in [0.15, 0.2) is 48.5 Å². The summed E-state index contributed by atoms with van der Waals surface area (Å²) in [6.07, 6.45) is 0. The highest BCUT2D eigenvalue weighted by Gasteiger charge is 2.12. The number of benzene rings is 2. The van der Waals surface area contributed by atoms with E-state index in [4.69, 9.17) is 21.1 Å². The lowest BCUT2D eigenvalue weighted by Crippen LogP contribution is -2.32. The van der Waals surface area contributed by atoms with Crippen LogP contribution in [-0.2, 0) is 14.3 Å². The Morgan fingerprint density at radius 1 is 1.04 bits per heavy atom. The monoisotopic (exact) mass is 390 g/mol. The molecular formula is C19H19ClN2O5. The highest BCUT2D eigenvalue weighted by Crippen LogP contribution is 2.23. The van der Waals surface area contributed by atoms with Gasteiger partial charge in [0.05, 0.1) is 12.3 Å². The Kier molecular flexibility index (Phi) is 7.63. The number of esters is 1. The highest BCUT2D eigenvalue weighted by molar-refractivity contribution is 6.30. The maximum Gasteiger partial charge on any atom is 0.325 e. The molecule has 2 aromatic carbocycles. The maximum absolute atomic E-state index is 11.9. The molecule has 0 unspecified atom stereocenters. The Balaban J connectivity index is 1.76. The number of anilines is 1. The van der Waals surface area contributed by atoms with Crippen LogP contribution in [0.3, 0.4) is 0 Å². The van der Waals surface area contributed by atoms with E-state index in [0.717, 1.165) is 0 Å². The molecule has 0 radical (unpaired) electrons. The van der Waals surface area contributed by atoms with Crippen molar-refractivity contribution < 1.29 is 23.9 Å². The second-order valence-electron chi connectivity index (χ2n) is 5.33. The molecule has 2 rings (SSSR count). The van der Waals surface area contributed by atoms with Gasteiger partial charge in [-0.2, -0.15) is 0 Å². The summed E-state index contributed by atoms with van der Waals surface area (Å²) in [4.78, 5) is 35.5. The fourth-order valence-corrected chi connectivity index (χ4v) is 2.22. The van der Waals surface area contributed by atoms with Gasteiger partial charge in [-0.05, 0) is 43.3 Å². The Hall–Kier alpha value is -3.06. The first-order valence-corrected chi connectivity index (χ1v) is 8.58. The molecule has 0 aromatic heterocycles. The average molecular weight is 391 g/mol. The molecule has 0 heterocycles. The van der Waals surface area contributed by atoms with E-state index in [0.29, 0.717) is 28.6 Å². The quantitative estimate of drug-likeness (QED) is 0.676. The molecule has 2 aromatic rings. The summed E-state index contributed by atoms with van der Waals surface area (Å²) < 4.78 is 10.3. The van der Waals surface area contributed by atoms with Crippen molar-refractivity contribution in [3.05, 3.63) is 59.1 Å². The third-order valence-corrected chi connectivity index (χ3v) is 3.58. The van der Waals surface area contributed by atoms with Crippen LogP contribution in [0.25, 0.3) is 0 Å². The maximum atomic E-state index is 11.9. The molecule has 0 saturated carbocycles. The largest absolute Gasteiger partial charge is 0.492 e. The van der Waals surface area contributed by atoms with E-state index in [1.54, 1.807) is 36.4 Å². The van der Waals surface area contributed by atoms with Gasteiger partial charge in [-0.15, -0.1) is 0 Å². The number of carbonyl (C=O) groups excluding carboxylic acids is 3. The predicted molar refractivity (Wildman–Crippen MR) is 101 cm³/mol. The van der Waals surface area contributed by atoms with Gasteiger partial charge in [-0.3, -0.25) is 14.4 Å². The fraction of sp³-hybridized carbons (Fsp3) is 0.211. The van der Waals surface area contributed by atoms with E-state index in [1.807, 2.05) is 6.92 Å². The lowest BCUT2D eigenvalue weighted by molar-refractivity contribution is -0.146. The van der Waals surface area contributed by atoms with Crippen LogP contribution >= 0.6 is 11.6 Å². The third kappa shape index (κ3) is 6.63. The third-order valence-electron chi connectivity index (χ3n) is 3.32. The molecule has 8 heteroatoms. The fourth-order valence-electron chi connectivity index (χ4n) is 2.09. The standard InChI is InChI=1S/C19H19ClN2O5/c1-2-26-16-6-4-3-5-15(16)22-17(23)12-27-18(24)11-21-19(25)13-7-9-14(20)10-8-13/h3-10H,2,11-12H2,1H3,(H,21,25)(H,22,23). The van der Waals surface area contributed by atoms with Crippen LogP contribution in [0.2, 0.25) is 5.02 Å². The molecule has 0 aliphatic rings.